The van der Waals surface area contributed by atoms with E-state index in [4.69, 9.17) is 9.84 Å². The van der Waals surface area contributed by atoms with E-state index in [1.54, 1.807) is 0 Å². The van der Waals surface area contributed by atoms with Crippen molar-refractivity contribution >= 4 is 28.2 Å². The van der Waals surface area contributed by atoms with Crippen molar-refractivity contribution < 1.29 is 24.4 Å². The van der Waals surface area contributed by atoms with E-state index in [-0.39, 0.29) is 28.3 Å². The van der Waals surface area contributed by atoms with E-state index in [0.717, 1.165) is 11.3 Å². The molecule has 1 aromatic rings. The van der Waals surface area contributed by atoms with Crippen LogP contribution in [-0.2, 0) is 9.53 Å². The number of aliphatic carboxylic acids is 1. The molecule has 2 atom stereocenters. The third kappa shape index (κ3) is 3.37. The molecule has 0 spiro atoms. The van der Waals surface area contributed by atoms with Crippen LogP contribution in [0.3, 0.4) is 0 Å². The number of thiophene rings is 1. The number of likely N-dealkylation sites (tertiary alicyclic amines) is 1. The average molecular weight is 314 g/mol. The number of rotatable bonds is 5. The number of carbonyl (C=O) groups excluding carboxylic acids is 1. The minimum Gasteiger partial charge on any atom is -0.481 e. The molecule has 1 saturated heterocycles. The SMILES string of the molecule is COC1CC(CC(=O)O)N(C(=O)c2ccc([N+](=O)[O-])s2)C1. The highest BCUT2D eigenvalue weighted by molar-refractivity contribution is 7.17. The Morgan fingerprint density at radius 2 is 2.29 bits per heavy atom. The highest BCUT2D eigenvalue weighted by Crippen LogP contribution is 2.29. The summed E-state index contributed by atoms with van der Waals surface area (Å²) in [5.41, 5.74) is 0. The second-order valence-electron chi connectivity index (χ2n) is 4.70. The number of carboxylic acid groups (broad SMARTS) is 1. The second kappa shape index (κ2) is 6.19. The highest BCUT2D eigenvalue weighted by atomic mass is 32.1. The summed E-state index contributed by atoms with van der Waals surface area (Å²) < 4.78 is 5.19. The van der Waals surface area contributed by atoms with Gasteiger partial charge in [-0.25, -0.2) is 0 Å². The molecule has 1 N–H and O–H groups in total. The predicted octanol–water partition coefficient (Wildman–Crippen LogP) is 1.36. The number of nitro groups is 1. The molecule has 0 saturated carbocycles. The fraction of sp³-hybridized carbons (Fsp3) is 0.500. The molecule has 1 aromatic heterocycles. The molecule has 0 radical (unpaired) electrons. The van der Waals surface area contributed by atoms with Crippen molar-refractivity contribution in [3.8, 4) is 0 Å². The van der Waals surface area contributed by atoms with Crippen LogP contribution < -0.4 is 0 Å². The lowest BCUT2D eigenvalue weighted by Gasteiger charge is -2.22. The fourth-order valence-electron chi connectivity index (χ4n) is 2.37. The van der Waals surface area contributed by atoms with Crippen molar-refractivity contribution in [2.24, 2.45) is 0 Å². The normalized spacial score (nSPS) is 21.5. The summed E-state index contributed by atoms with van der Waals surface area (Å²) >= 11 is 0.787. The molecule has 2 rings (SSSR count). The number of ether oxygens (including phenoxy) is 1. The van der Waals surface area contributed by atoms with Crippen LogP contribution in [0.5, 0.6) is 0 Å². The minimum atomic E-state index is -0.994. The zero-order valence-electron chi connectivity index (χ0n) is 11.2. The van der Waals surface area contributed by atoms with Crippen LogP contribution in [0.25, 0.3) is 0 Å². The predicted molar refractivity (Wildman–Crippen MR) is 73.5 cm³/mol. The van der Waals surface area contributed by atoms with Crippen molar-refractivity contribution in [2.45, 2.75) is 25.0 Å². The summed E-state index contributed by atoms with van der Waals surface area (Å²) in [4.78, 5) is 35.0. The Hall–Kier alpha value is -2.00. The van der Waals surface area contributed by atoms with Crippen LogP contribution in [0.2, 0.25) is 0 Å². The molecule has 9 heteroatoms. The van der Waals surface area contributed by atoms with Crippen molar-refractivity contribution in [1.29, 1.82) is 0 Å². The highest BCUT2D eigenvalue weighted by Gasteiger charge is 2.37. The molecule has 1 aliphatic heterocycles. The Bertz CT molecular complexity index is 572. The molecule has 0 aromatic carbocycles. The minimum absolute atomic E-state index is 0.115. The van der Waals surface area contributed by atoms with Crippen LogP contribution >= 0.6 is 11.3 Å². The van der Waals surface area contributed by atoms with Gasteiger partial charge in [0.25, 0.3) is 5.91 Å². The number of methoxy groups -OCH3 is 1. The lowest BCUT2D eigenvalue weighted by Crippen LogP contribution is -2.36. The van der Waals surface area contributed by atoms with E-state index < -0.39 is 16.9 Å². The van der Waals surface area contributed by atoms with Gasteiger partial charge in [-0.3, -0.25) is 19.7 Å². The lowest BCUT2D eigenvalue weighted by atomic mass is 10.1. The number of carboxylic acids is 1. The van der Waals surface area contributed by atoms with Gasteiger partial charge in [-0.15, -0.1) is 0 Å². The third-order valence-corrected chi connectivity index (χ3v) is 4.39. The number of amides is 1. The third-order valence-electron chi connectivity index (χ3n) is 3.36. The van der Waals surface area contributed by atoms with Crippen molar-refractivity contribution in [3.05, 3.63) is 27.1 Å². The number of nitrogens with zero attached hydrogens (tertiary/aromatic N) is 2. The maximum Gasteiger partial charge on any atom is 0.324 e. The molecule has 2 heterocycles. The molecule has 1 fully saturated rings. The maximum absolute atomic E-state index is 12.4. The van der Waals surface area contributed by atoms with Crippen LogP contribution in [0.1, 0.15) is 22.5 Å². The first-order valence-electron chi connectivity index (χ1n) is 6.22. The summed E-state index contributed by atoms with van der Waals surface area (Å²) in [5, 5.41) is 19.5. The van der Waals surface area contributed by atoms with Gasteiger partial charge in [0.1, 0.15) is 0 Å². The number of carbonyl (C=O) groups is 2. The Morgan fingerprint density at radius 1 is 1.57 bits per heavy atom. The lowest BCUT2D eigenvalue weighted by molar-refractivity contribution is -0.380. The largest absolute Gasteiger partial charge is 0.481 e. The van der Waals surface area contributed by atoms with E-state index in [9.17, 15) is 19.7 Å². The molecule has 8 nitrogen and oxygen atoms in total. The van der Waals surface area contributed by atoms with Crippen LogP contribution in [-0.4, -0.2) is 52.6 Å². The zero-order valence-corrected chi connectivity index (χ0v) is 12.0. The first kappa shape index (κ1) is 15.4. The molecular weight excluding hydrogens is 300 g/mol. The Balaban J connectivity index is 2.18. The van der Waals surface area contributed by atoms with E-state index >= 15 is 0 Å². The average Bonchev–Trinajstić information content (AvgIpc) is 3.03. The molecule has 114 valence electrons. The van der Waals surface area contributed by atoms with Gasteiger partial charge in [-0.05, 0) is 12.5 Å². The zero-order chi connectivity index (χ0) is 15.6. The summed E-state index contributed by atoms with van der Waals surface area (Å²) in [6, 6.07) is 2.21. The van der Waals surface area contributed by atoms with Gasteiger partial charge in [-0.1, -0.05) is 11.3 Å². The van der Waals surface area contributed by atoms with E-state index in [0.29, 0.717) is 13.0 Å². The van der Waals surface area contributed by atoms with Gasteiger partial charge < -0.3 is 14.7 Å². The molecule has 1 amide bonds. The maximum atomic E-state index is 12.4. The summed E-state index contributed by atoms with van der Waals surface area (Å²) in [5.74, 6) is -1.38. The molecule has 1 aliphatic rings. The van der Waals surface area contributed by atoms with Gasteiger partial charge in [0, 0.05) is 25.8 Å². The van der Waals surface area contributed by atoms with Gasteiger partial charge in [0.2, 0.25) is 0 Å². The smallest absolute Gasteiger partial charge is 0.324 e. The topological polar surface area (TPSA) is 110 Å². The van der Waals surface area contributed by atoms with E-state index in [1.165, 1.54) is 24.1 Å². The van der Waals surface area contributed by atoms with Gasteiger partial charge in [-0.2, -0.15) is 0 Å². The van der Waals surface area contributed by atoms with E-state index in [1.807, 2.05) is 0 Å². The Labute approximate surface area is 124 Å². The van der Waals surface area contributed by atoms with Crippen LogP contribution in [0.4, 0.5) is 5.00 Å². The molecule has 0 bridgehead atoms. The Morgan fingerprint density at radius 3 is 2.81 bits per heavy atom. The molecule has 21 heavy (non-hydrogen) atoms. The number of hydrogen-bond acceptors (Lipinski definition) is 6. The van der Waals surface area contributed by atoms with Crippen LogP contribution in [0, 0.1) is 10.1 Å². The monoisotopic (exact) mass is 314 g/mol. The van der Waals surface area contributed by atoms with Crippen LogP contribution in [0.15, 0.2) is 12.1 Å². The molecule has 2 unspecified atom stereocenters. The van der Waals surface area contributed by atoms with E-state index in [2.05, 4.69) is 0 Å². The van der Waals surface area contributed by atoms with Crippen molar-refractivity contribution in [2.75, 3.05) is 13.7 Å². The fourth-order valence-corrected chi connectivity index (χ4v) is 3.15. The standard InChI is InChI=1S/C12H14N2O6S/c1-20-8-4-7(5-11(15)16)13(6-8)12(17)9-2-3-10(21-9)14(18)19/h2-3,7-8H,4-6H2,1H3,(H,15,16). The molecular formula is C12H14N2O6S. The number of hydrogen-bond donors (Lipinski definition) is 1. The van der Waals surface area contributed by atoms with Crippen molar-refractivity contribution in [3.63, 3.8) is 0 Å². The molecule has 0 aliphatic carbocycles. The summed E-state index contributed by atoms with van der Waals surface area (Å²) in [6.45, 7) is 0.291. The van der Waals surface area contributed by atoms with Gasteiger partial charge in [0.15, 0.2) is 0 Å². The quantitative estimate of drug-likeness (QED) is 0.649. The summed E-state index contributed by atoms with van der Waals surface area (Å²) in [6.07, 6.45) is 0.0643. The Kier molecular flexibility index (Phi) is 4.53. The van der Waals surface area contributed by atoms with Crippen molar-refractivity contribution in [1.82, 2.24) is 4.90 Å². The van der Waals surface area contributed by atoms with Gasteiger partial charge >= 0.3 is 11.0 Å². The first-order valence-corrected chi connectivity index (χ1v) is 7.03. The second-order valence-corrected chi connectivity index (χ2v) is 5.76. The van der Waals surface area contributed by atoms with Gasteiger partial charge in [0.05, 0.1) is 22.3 Å². The first-order chi connectivity index (χ1) is 9.92. The summed E-state index contributed by atoms with van der Waals surface area (Å²) in [7, 11) is 1.51.